The summed E-state index contributed by atoms with van der Waals surface area (Å²) in [4.78, 5) is 2.32. The van der Waals surface area contributed by atoms with E-state index in [9.17, 15) is 0 Å². The first-order valence-corrected chi connectivity index (χ1v) is 17.5. The number of benzene rings is 9. The summed E-state index contributed by atoms with van der Waals surface area (Å²) in [5, 5.41) is 5.04. The fourth-order valence-electron chi connectivity index (χ4n) is 7.45. The van der Waals surface area contributed by atoms with Gasteiger partial charge in [-0.1, -0.05) is 170 Å². The van der Waals surface area contributed by atoms with E-state index in [0.29, 0.717) is 0 Å². The van der Waals surface area contributed by atoms with Crippen LogP contribution in [0.15, 0.2) is 212 Å². The molecule has 9 rings (SSSR count). The second kappa shape index (κ2) is 13.3. The zero-order valence-corrected chi connectivity index (χ0v) is 28.2. The van der Waals surface area contributed by atoms with Gasteiger partial charge in [-0.15, -0.1) is 0 Å². The topological polar surface area (TPSA) is 3.24 Å². The van der Waals surface area contributed by atoms with Crippen molar-refractivity contribution in [1.82, 2.24) is 0 Å². The minimum absolute atomic E-state index is 1.11. The van der Waals surface area contributed by atoms with Crippen LogP contribution in [0.25, 0.3) is 66.1 Å². The molecule has 0 aliphatic carbocycles. The lowest BCUT2D eigenvalue weighted by Crippen LogP contribution is -2.09. The molecule has 9 aromatic carbocycles. The van der Waals surface area contributed by atoms with Gasteiger partial charge in [0.1, 0.15) is 0 Å². The predicted molar refractivity (Wildman–Crippen MR) is 218 cm³/mol. The average molecular weight is 650 g/mol. The minimum Gasteiger partial charge on any atom is -0.311 e. The summed E-state index contributed by atoms with van der Waals surface area (Å²) in [7, 11) is 0. The molecular weight excluding hydrogens is 615 g/mol. The van der Waals surface area contributed by atoms with Crippen LogP contribution >= 0.6 is 0 Å². The summed E-state index contributed by atoms with van der Waals surface area (Å²) in [5.74, 6) is 0. The second-order valence-corrected chi connectivity index (χ2v) is 12.9. The number of para-hydroxylation sites is 1. The van der Waals surface area contributed by atoms with Gasteiger partial charge in [0.25, 0.3) is 0 Å². The molecule has 0 aliphatic heterocycles. The van der Waals surface area contributed by atoms with Crippen LogP contribution in [0.2, 0.25) is 0 Å². The van der Waals surface area contributed by atoms with Crippen molar-refractivity contribution >= 4 is 38.6 Å². The van der Waals surface area contributed by atoms with Crippen LogP contribution in [0.5, 0.6) is 0 Å². The Kier molecular flexibility index (Phi) is 7.92. The van der Waals surface area contributed by atoms with Crippen LogP contribution in [0.4, 0.5) is 17.1 Å². The maximum atomic E-state index is 2.39. The van der Waals surface area contributed by atoms with Crippen molar-refractivity contribution in [1.29, 1.82) is 0 Å². The molecule has 0 fully saturated rings. The quantitative estimate of drug-likeness (QED) is 0.155. The lowest BCUT2D eigenvalue weighted by molar-refractivity contribution is 1.28. The lowest BCUT2D eigenvalue weighted by atomic mass is 9.85. The van der Waals surface area contributed by atoms with E-state index < -0.39 is 0 Å². The van der Waals surface area contributed by atoms with Crippen LogP contribution in [-0.4, -0.2) is 0 Å². The molecule has 0 spiro atoms. The maximum Gasteiger partial charge on any atom is 0.0462 e. The number of rotatable bonds is 7. The lowest BCUT2D eigenvalue weighted by Gasteiger charge is -2.26. The van der Waals surface area contributed by atoms with Crippen molar-refractivity contribution in [2.24, 2.45) is 0 Å². The van der Waals surface area contributed by atoms with Crippen molar-refractivity contribution in [3.63, 3.8) is 0 Å². The van der Waals surface area contributed by atoms with Crippen LogP contribution in [0, 0.1) is 0 Å². The monoisotopic (exact) mass is 649 g/mol. The van der Waals surface area contributed by atoms with Crippen LogP contribution in [0.3, 0.4) is 0 Å². The van der Waals surface area contributed by atoms with Gasteiger partial charge < -0.3 is 4.90 Å². The fourth-order valence-corrected chi connectivity index (χ4v) is 7.45. The Morgan fingerprint density at radius 3 is 1.06 bits per heavy atom. The molecule has 0 saturated carbocycles. The largest absolute Gasteiger partial charge is 0.311 e. The molecule has 1 heteroatoms. The van der Waals surface area contributed by atoms with E-state index in [2.05, 4.69) is 217 Å². The van der Waals surface area contributed by atoms with E-state index in [1.165, 1.54) is 66.1 Å². The van der Waals surface area contributed by atoms with Gasteiger partial charge >= 0.3 is 0 Å². The number of fused-ring (bicyclic) bond motifs is 2. The van der Waals surface area contributed by atoms with E-state index >= 15 is 0 Å². The molecule has 0 bridgehead atoms. The van der Waals surface area contributed by atoms with E-state index in [1.807, 2.05) is 0 Å². The van der Waals surface area contributed by atoms with E-state index in [-0.39, 0.29) is 0 Å². The Morgan fingerprint density at radius 2 is 0.549 bits per heavy atom. The molecule has 51 heavy (non-hydrogen) atoms. The van der Waals surface area contributed by atoms with Gasteiger partial charge in [-0.3, -0.25) is 0 Å². The van der Waals surface area contributed by atoms with Crippen molar-refractivity contribution in [3.05, 3.63) is 212 Å². The van der Waals surface area contributed by atoms with Gasteiger partial charge in [-0.05, 0) is 109 Å². The minimum atomic E-state index is 1.11. The number of anilines is 3. The maximum absolute atomic E-state index is 2.39. The zero-order chi connectivity index (χ0) is 34.0. The second-order valence-electron chi connectivity index (χ2n) is 12.9. The Balaban J connectivity index is 1.17. The first kappa shape index (κ1) is 30.4. The molecule has 0 atom stereocenters. The SMILES string of the molecule is c1ccc(-c2ccc(N(c3ccccc3)c3ccc(-c4ccc5c(-c6ccccc6)c6ccccc6c(-c6ccccc6)c5c4)cc3)cc2)cc1. The van der Waals surface area contributed by atoms with E-state index in [0.717, 1.165) is 17.1 Å². The number of hydrogen-bond acceptors (Lipinski definition) is 1. The summed E-state index contributed by atoms with van der Waals surface area (Å²) < 4.78 is 0. The van der Waals surface area contributed by atoms with Crippen molar-refractivity contribution in [2.45, 2.75) is 0 Å². The summed E-state index contributed by atoms with van der Waals surface area (Å²) in [6.07, 6.45) is 0. The Bertz CT molecular complexity index is 2580. The fraction of sp³-hybridized carbons (Fsp3) is 0. The molecule has 0 heterocycles. The smallest absolute Gasteiger partial charge is 0.0462 e. The normalized spacial score (nSPS) is 11.1. The molecule has 0 unspecified atom stereocenters. The molecule has 0 aromatic heterocycles. The molecule has 0 aliphatic rings. The van der Waals surface area contributed by atoms with Gasteiger partial charge in [-0.25, -0.2) is 0 Å². The predicted octanol–water partition coefficient (Wildman–Crippen LogP) is 14.1. The Labute approximate surface area is 299 Å². The number of hydrogen-bond donors (Lipinski definition) is 0. The van der Waals surface area contributed by atoms with Gasteiger partial charge in [0.05, 0.1) is 0 Å². The Morgan fingerprint density at radius 1 is 0.216 bits per heavy atom. The first-order chi connectivity index (χ1) is 25.3. The summed E-state index contributed by atoms with van der Waals surface area (Å²) in [6.45, 7) is 0. The molecule has 1 nitrogen and oxygen atoms in total. The molecule has 240 valence electrons. The highest BCUT2D eigenvalue weighted by atomic mass is 15.1. The van der Waals surface area contributed by atoms with E-state index in [4.69, 9.17) is 0 Å². The number of nitrogens with zero attached hydrogens (tertiary/aromatic N) is 1. The standard InChI is InChI=1S/C50H35N/c1-5-15-36(16-6-1)37-25-30-43(31-26-37)51(42-21-11-4-12-22-42)44-32-27-38(28-33-44)41-29-34-47-48(35-41)50(40-19-9-3-10-20-40)46-24-14-13-23-45(46)49(47)39-17-7-2-8-18-39/h1-35H. The van der Waals surface area contributed by atoms with Crippen LogP contribution < -0.4 is 4.90 Å². The Hall–Kier alpha value is -6.70. The van der Waals surface area contributed by atoms with Gasteiger partial charge in [-0.2, -0.15) is 0 Å². The third-order valence-corrected chi connectivity index (χ3v) is 9.85. The third kappa shape index (κ3) is 5.75. The third-order valence-electron chi connectivity index (χ3n) is 9.85. The molecular formula is C50H35N. The van der Waals surface area contributed by atoms with E-state index in [1.54, 1.807) is 0 Å². The summed E-state index contributed by atoms with van der Waals surface area (Å²) in [5.41, 5.74) is 13.2. The van der Waals surface area contributed by atoms with Gasteiger partial charge in [0.15, 0.2) is 0 Å². The van der Waals surface area contributed by atoms with Crippen LogP contribution in [0.1, 0.15) is 0 Å². The zero-order valence-electron chi connectivity index (χ0n) is 28.2. The highest BCUT2D eigenvalue weighted by molar-refractivity contribution is 6.22. The van der Waals surface area contributed by atoms with Gasteiger partial charge in [0, 0.05) is 17.1 Å². The molecule has 0 N–H and O–H groups in total. The van der Waals surface area contributed by atoms with Crippen molar-refractivity contribution in [2.75, 3.05) is 4.90 Å². The van der Waals surface area contributed by atoms with Crippen molar-refractivity contribution < 1.29 is 0 Å². The van der Waals surface area contributed by atoms with Crippen LogP contribution in [-0.2, 0) is 0 Å². The molecule has 0 saturated heterocycles. The molecule has 9 aromatic rings. The first-order valence-electron chi connectivity index (χ1n) is 17.5. The van der Waals surface area contributed by atoms with Gasteiger partial charge in [0.2, 0.25) is 0 Å². The highest BCUT2D eigenvalue weighted by Gasteiger charge is 2.18. The average Bonchev–Trinajstić information content (AvgIpc) is 3.22. The molecule has 0 amide bonds. The summed E-state index contributed by atoms with van der Waals surface area (Å²) in [6, 6.07) is 76.5. The molecule has 0 radical (unpaired) electrons. The summed E-state index contributed by atoms with van der Waals surface area (Å²) >= 11 is 0. The van der Waals surface area contributed by atoms with Crippen molar-refractivity contribution in [3.8, 4) is 44.5 Å². The highest BCUT2D eigenvalue weighted by Crippen LogP contribution is 2.45.